The van der Waals surface area contributed by atoms with E-state index in [4.69, 9.17) is 0 Å². The lowest BCUT2D eigenvalue weighted by molar-refractivity contribution is -0.133. The van der Waals surface area contributed by atoms with Crippen molar-refractivity contribution in [3.8, 4) is 0 Å². The maximum atomic E-state index is 11.7. The standard InChI is InChI=1S/C8H13N5O/c1-12(7-2-9-3-7)8(14)4-13-6-10-5-11-13/h5-7,9H,2-4H2,1H3. The molecule has 1 aliphatic rings. The Kier molecular flexibility index (Phi) is 2.45. The molecule has 1 saturated heterocycles. The van der Waals surface area contributed by atoms with Crippen LogP contribution in [0.4, 0.5) is 0 Å². The number of nitrogens with one attached hydrogen (secondary N) is 1. The van der Waals surface area contributed by atoms with E-state index < -0.39 is 0 Å². The first-order chi connectivity index (χ1) is 6.77. The van der Waals surface area contributed by atoms with Crippen LogP contribution in [0.15, 0.2) is 12.7 Å². The fourth-order valence-electron chi connectivity index (χ4n) is 1.32. The Morgan fingerprint density at radius 3 is 3.00 bits per heavy atom. The quantitative estimate of drug-likeness (QED) is 0.651. The van der Waals surface area contributed by atoms with E-state index >= 15 is 0 Å². The molecule has 2 rings (SSSR count). The zero-order valence-corrected chi connectivity index (χ0v) is 8.05. The minimum atomic E-state index is 0.0713. The van der Waals surface area contributed by atoms with Crippen molar-refractivity contribution in [3.05, 3.63) is 12.7 Å². The lowest BCUT2D eigenvalue weighted by Gasteiger charge is -2.35. The zero-order valence-electron chi connectivity index (χ0n) is 8.05. The molecule has 0 atom stereocenters. The highest BCUT2D eigenvalue weighted by Crippen LogP contribution is 2.02. The van der Waals surface area contributed by atoms with Crippen molar-refractivity contribution in [1.29, 1.82) is 0 Å². The van der Waals surface area contributed by atoms with Crippen LogP contribution in [0.1, 0.15) is 0 Å². The molecule has 0 aromatic carbocycles. The average Bonchev–Trinajstić information content (AvgIpc) is 2.53. The number of rotatable bonds is 3. The first-order valence-electron chi connectivity index (χ1n) is 4.56. The molecule has 1 N–H and O–H groups in total. The van der Waals surface area contributed by atoms with Crippen LogP contribution in [0.3, 0.4) is 0 Å². The maximum Gasteiger partial charge on any atom is 0.244 e. The molecule has 0 aliphatic carbocycles. The van der Waals surface area contributed by atoms with Gasteiger partial charge in [-0.05, 0) is 0 Å². The smallest absolute Gasteiger partial charge is 0.244 e. The topological polar surface area (TPSA) is 63.1 Å². The van der Waals surface area contributed by atoms with Gasteiger partial charge in [0.15, 0.2) is 0 Å². The predicted molar refractivity (Wildman–Crippen MR) is 49.4 cm³/mol. The van der Waals surface area contributed by atoms with E-state index in [9.17, 15) is 4.79 Å². The number of carbonyl (C=O) groups is 1. The fourth-order valence-corrected chi connectivity index (χ4v) is 1.32. The molecule has 0 bridgehead atoms. The summed E-state index contributed by atoms with van der Waals surface area (Å²) in [5, 5.41) is 7.01. The van der Waals surface area contributed by atoms with Crippen molar-refractivity contribution in [3.63, 3.8) is 0 Å². The second-order valence-corrected chi connectivity index (χ2v) is 3.41. The van der Waals surface area contributed by atoms with E-state index in [1.54, 1.807) is 11.2 Å². The third-order valence-electron chi connectivity index (χ3n) is 2.46. The molecular weight excluding hydrogens is 182 g/mol. The Balaban J connectivity index is 1.88. The SMILES string of the molecule is CN(C(=O)Cn1cncn1)C1CNC1. The fraction of sp³-hybridized carbons (Fsp3) is 0.625. The number of carbonyl (C=O) groups excluding carboxylic acids is 1. The third kappa shape index (κ3) is 1.74. The summed E-state index contributed by atoms with van der Waals surface area (Å²) in [5.74, 6) is 0.0713. The van der Waals surface area contributed by atoms with Gasteiger partial charge >= 0.3 is 0 Å². The molecule has 2 heterocycles. The summed E-state index contributed by atoms with van der Waals surface area (Å²) in [4.78, 5) is 17.2. The van der Waals surface area contributed by atoms with Gasteiger partial charge in [-0.1, -0.05) is 0 Å². The number of aromatic nitrogens is 3. The first-order valence-corrected chi connectivity index (χ1v) is 4.56. The van der Waals surface area contributed by atoms with Crippen molar-refractivity contribution in [2.24, 2.45) is 0 Å². The first kappa shape index (κ1) is 9.14. The van der Waals surface area contributed by atoms with Crippen molar-refractivity contribution < 1.29 is 4.79 Å². The summed E-state index contributed by atoms with van der Waals surface area (Å²) in [6.07, 6.45) is 2.98. The van der Waals surface area contributed by atoms with Gasteiger partial charge in [-0.25, -0.2) is 9.67 Å². The average molecular weight is 195 g/mol. The summed E-state index contributed by atoms with van der Waals surface area (Å²) in [7, 11) is 1.82. The molecule has 6 heteroatoms. The van der Waals surface area contributed by atoms with Crippen molar-refractivity contribution in [1.82, 2.24) is 25.0 Å². The van der Waals surface area contributed by atoms with Crippen LogP contribution in [0.2, 0.25) is 0 Å². The van der Waals surface area contributed by atoms with Gasteiger partial charge in [-0.2, -0.15) is 5.10 Å². The van der Waals surface area contributed by atoms with Gasteiger partial charge < -0.3 is 10.2 Å². The van der Waals surface area contributed by atoms with Gasteiger partial charge in [0, 0.05) is 20.1 Å². The Morgan fingerprint density at radius 1 is 1.71 bits per heavy atom. The highest BCUT2D eigenvalue weighted by atomic mass is 16.2. The van der Waals surface area contributed by atoms with Crippen molar-refractivity contribution >= 4 is 5.91 Å². The second-order valence-electron chi connectivity index (χ2n) is 3.41. The molecule has 1 aromatic heterocycles. The van der Waals surface area contributed by atoms with E-state index in [1.807, 2.05) is 7.05 Å². The van der Waals surface area contributed by atoms with Gasteiger partial charge in [0.1, 0.15) is 19.2 Å². The van der Waals surface area contributed by atoms with E-state index in [1.165, 1.54) is 11.0 Å². The van der Waals surface area contributed by atoms with Gasteiger partial charge in [-0.3, -0.25) is 4.79 Å². The molecule has 1 fully saturated rings. The minimum absolute atomic E-state index is 0.0713. The van der Waals surface area contributed by atoms with Gasteiger partial charge in [-0.15, -0.1) is 0 Å². The third-order valence-corrected chi connectivity index (χ3v) is 2.46. The van der Waals surface area contributed by atoms with Crippen LogP contribution in [-0.2, 0) is 11.3 Å². The summed E-state index contributed by atoms with van der Waals surface area (Å²) < 4.78 is 1.53. The maximum absolute atomic E-state index is 11.7. The molecule has 1 amide bonds. The molecular formula is C8H13N5O. The van der Waals surface area contributed by atoms with Crippen LogP contribution < -0.4 is 5.32 Å². The molecule has 76 valence electrons. The highest BCUT2D eigenvalue weighted by Gasteiger charge is 2.25. The summed E-state index contributed by atoms with van der Waals surface area (Å²) in [6.45, 7) is 2.05. The molecule has 0 saturated carbocycles. The van der Waals surface area contributed by atoms with Gasteiger partial charge in [0.2, 0.25) is 5.91 Å². The Morgan fingerprint density at radius 2 is 2.50 bits per heavy atom. The van der Waals surface area contributed by atoms with Crippen molar-refractivity contribution in [2.75, 3.05) is 20.1 Å². The van der Waals surface area contributed by atoms with Crippen LogP contribution in [0, 0.1) is 0 Å². The highest BCUT2D eigenvalue weighted by molar-refractivity contribution is 5.76. The molecule has 0 unspecified atom stereocenters. The second kappa shape index (κ2) is 3.75. The summed E-state index contributed by atoms with van der Waals surface area (Å²) >= 11 is 0. The number of hydrogen-bond acceptors (Lipinski definition) is 4. The normalized spacial score (nSPS) is 16.4. The van der Waals surface area contributed by atoms with Gasteiger partial charge in [0.25, 0.3) is 0 Å². The monoisotopic (exact) mass is 195 g/mol. The van der Waals surface area contributed by atoms with Crippen molar-refractivity contribution in [2.45, 2.75) is 12.6 Å². The van der Waals surface area contributed by atoms with Crippen LogP contribution in [0.5, 0.6) is 0 Å². The van der Waals surface area contributed by atoms with Crippen LogP contribution in [0.25, 0.3) is 0 Å². The molecule has 14 heavy (non-hydrogen) atoms. The molecule has 6 nitrogen and oxygen atoms in total. The van der Waals surface area contributed by atoms with E-state index in [-0.39, 0.29) is 12.5 Å². The predicted octanol–water partition coefficient (Wildman–Crippen LogP) is -1.29. The summed E-state index contributed by atoms with van der Waals surface area (Å²) in [5.41, 5.74) is 0. The molecule has 1 aliphatic heterocycles. The lowest BCUT2D eigenvalue weighted by atomic mass is 10.1. The molecule has 0 spiro atoms. The number of hydrogen-bond donors (Lipinski definition) is 1. The lowest BCUT2D eigenvalue weighted by Crippen LogP contribution is -2.57. The van der Waals surface area contributed by atoms with Crippen LogP contribution in [-0.4, -0.2) is 51.8 Å². The Bertz CT molecular complexity index is 306. The summed E-state index contributed by atoms with van der Waals surface area (Å²) in [6, 6.07) is 0.339. The molecule has 1 aromatic rings. The Hall–Kier alpha value is -1.43. The largest absolute Gasteiger partial charge is 0.339 e. The number of nitrogens with zero attached hydrogens (tertiary/aromatic N) is 4. The minimum Gasteiger partial charge on any atom is -0.339 e. The molecule has 0 radical (unpaired) electrons. The Labute approximate surface area is 81.9 Å². The van der Waals surface area contributed by atoms with E-state index in [0.717, 1.165) is 13.1 Å². The number of amides is 1. The van der Waals surface area contributed by atoms with Crippen LogP contribution >= 0.6 is 0 Å². The zero-order chi connectivity index (χ0) is 9.97. The van der Waals surface area contributed by atoms with Gasteiger partial charge in [0.05, 0.1) is 6.04 Å². The number of likely N-dealkylation sites (N-methyl/N-ethyl adjacent to an activating group) is 1. The van der Waals surface area contributed by atoms with E-state index in [2.05, 4.69) is 15.4 Å². The van der Waals surface area contributed by atoms with E-state index in [0.29, 0.717) is 6.04 Å².